The van der Waals surface area contributed by atoms with Gasteiger partial charge in [0.15, 0.2) is 0 Å². The molecular formula is C16H23N3O6. The topological polar surface area (TPSA) is 129 Å². The van der Waals surface area contributed by atoms with Gasteiger partial charge < -0.3 is 14.6 Å². The van der Waals surface area contributed by atoms with Gasteiger partial charge in [0.25, 0.3) is 0 Å². The van der Waals surface area contributed by atoms with Crippen LogP contribution in [-0.2, 0) is 9.59 Å². The molecule has 0 atom stereocenters. The predicted octanol–water partition coefficient (Wildman–Crippen LogP) is 1.32. The molecule has 0 heterocycles. The Kier molecular flexibility index (Phi) is 8.80. The van der Waals surface area contributed by atoms with Crippen molar-refractivity contribution in [3.8, 4) is 17.2 Å². The number of carbonyl (C=O) groups excluding carboxylic acids is 2. The SMILES string of the molecule is COc1cc(O)cc(OC)c1/C=N/NC(=O)CCCCCC(=O)NO. The minimum atomic E-state index is -0.439. The van der Waals surface area contributed by atoms with E-state index >= 15 is 0 Å². The molecule has 1 aromatic carbocycles. The van der Waals surface area contributed by atoms with Crippen molar-refractivity contribution in [3.63, 3.8) is 0 Å². The first-order valence-electron chi connectivity index (χ1n) is 7.71. The fraction of sp³-hybridized carbons (Fsp3) is 0.438. The molecule has 0 fully saturated rings. The van der Waals surface area contributed by atoms with Crippen LogP contribution in [-0.4, -0.2) is 42.6 Å². The van der Waals surface area contributed by atoms with E-state index in [2.05, 4.69) is 10.5 Å². The number of ether oxygens (including phenoxy) is 2. The maximum atomic E-state index is 11.7. The number of phenols is 1. The number of amides is 2. The molecule has 9 nitrogen and oxygen atoms in total. The van der Waals surface area contributed by atoms with Gasteiger partial charge in [0, 0.05) is 25.0 Å². The first-order chi connectivity index (χ1) is 12.0. The van der Waals surface area contributed by atoms with E-state index in [1.165, 1.54) is 32.6 Å². The summed E-state index contributed by atoms with van der Waals surface area (Å²) in [5.74, 6) is 0.00389. The number of hydrogen-bond donors (Lipinski definition) is 4. The van der Waals surface area contributed by atoms with Crippen LogP contribution in [0.25, 0.3) is 0 Å². The van der Waals surface area contributed by atoms with E-state index in [-0.39, 0.29) is 24.5 Å². The van der Waals surface area contributed by atoms with Crippen LogP contribution in [0, 0.1) is 0 Å². The summed E-state index contributed by atoms with van der Waals surface area (Å²) in [4.78, 5) is 22.5. The molecule has 2 amide bonds. The van der Waals surface area contributed by atoms with Crippen molar-refractivity contribution in [2.24, 2.45) is 5.10 Å². The Bertz CT molecular complexity index is 593. The van der Waals surface area contributed by atoms with E-state index in [0.29, 0.717) is 36.3 Å². The lowest BCUT2D eigenvalue weighted by Crippen LogP contribution is -2.18. The summed E-state index contributed by atoms with van der Waals surface area (Å²) in [6.45, 7) is 0. The summed E-state index contributed by atoms with van der Waals surface area (Å²) in [7, 11) is 2.89. The van der Waals surface area contributed by atoms with Crippen molar-refractivity contribution in [2.75, 3.05) is 14.2 Å². The zero-order valence-electron chi connectivity index (χ0n) is 14.2. The van der Waals surface area contributed by atoms with Crippen molar-refractivity contribution < 1.29 is 29.4 Å². The Morgan fingerprint density at radius 2 is 1.64 bits per heavy atom. The third kappa shape index (κ3) is 7.08. The molecule has 9 heteroatoms. The molecule has 0 bridgehead atoms. The van der Waals surface area contributed by atoms with Gasteiger partial charge in [0.2, 0.25) is 11.8 Å². The van der Waals surface area contributed by atoms with E-state index < -0.39 is 5.91 Å². The third-order valence-corrected chi connectivity index (χ3v) is 3.34. The Labute approximate surface area is 145 Å². The lowest BCUT2D eigenvalue weighted by Gasteiger charge is -2.10. The van der Waals surface area contributed by atoms with Gasteiger partial charge in [-0.1, -0.05) is 6.42 Å². The second kappa shape index (κ2) is 10.9. The van der Waals surface area contributed by atoms with Gasteiger partial charge in [0.1, 0.15) is 17.2 Å². The van der Waals surface area contributed by atoms with Crippen molar-refractivity contribution in [1.29, 1.82) is 0 Å². The molecule has 0 unspecified atom stereocenters. The fourth-order valence-electron chi connectivity index (χ4n) is 2.08. The minimum Gasteiger partial charge on any atom is -0.508 e. The van der Waals surface area contributed by atoms with Crippen LogP contribution in [0.4, 0.5) is 0 Å². The Balaban J connectivity index is 2.47. The molecule has 25 heavy (non-hydrogen) atoms. The van der Waals surface area contributed by atoms with Crippen LogP contribution < -0.4 is 20.4 Å². The molecule has 0 radical (unpaired) electrons. The second-order valence-electron chi connectivity index (χ2n) is 5.15. The van der Waals surface area contributed by atoms with Gasteiger partial charge in [-0.2, -0.15) is 5.10 Å². The molecule has 0 saturated carbocycles. The number of unbranched alkanes of at least 4 members (excludes halogenated alkanes) is 2. The summed E-state index contributed by atoms with van der Waals surface area (Å²) < 4.78 is 10.3. The van der Waals surface area contributed by atoms with Gasteiger partial charge in [-0.05, 0) is 12.8 Å². The monoisotopic (exact) mass is 353 g/mol. The van der Waals surface area contributed by atoms with Crippen molar-refractivity contribution >= 4 is 18.0 Å². The fourth-order valence-corrected chi connectivity index (χ4v) is 2.08. The largest absolute Gasteiger partial charge is 0.508 e. The standard InChI is InChI=1S/C16H23N3O6/c1-24-13-8-11(20)9-14(25-2)12(13)10-17-18-15(21)6-4-3-5-7-16(22)19-23/h8-10,20,23H,3-7H2,1-2H3,(H,18,21)(H,19,22)/b17-10+. The lowest BCUT2D eigenvalue weighted by molar-refractivity contribution is -0.129. The Morgan fingerprint density at radius 1 is 1.08 bits per heavy atom. The molecule has 4 N–H and O–H groups in total. The van der Waals surface area contributed by atoms with Crippen LogP contribution in [0.1, 0.15) is 37.7 Å². The van der Waals surface area contributed by atoms with Crippen molar-refractivity contribution in [1.82, 2.24) is 10.9 Å². The number of rotatable bonds is 10. The first-order valence-corrected chi connectivity index (χ1v) is 7.71. The molecule has 0 aliphatic heterocycles. The maximum absolute atomic E-state index is 11.7. The molecule has 0 aromatic heterocycles. The molecule has 0 saturated heterocycles. The first kappa shape index (κ1) is 20.2. The van der Waals surface area contributed by atoms with Gasteiger partial charge in [-0.15, -0.1) is 0 Å². The number of benzene rings is 1. The van der Waals surface area contributed by atoms with Gasteiger partial charge in [-0.3, -0.25) is 14.8 Å². The smallest absolute Gasteiger partial charge is 0.243 e. The van der Waals surface area contributed by atoms with Crippen molar-refractivity contribution in [2.45, 2.75) is 32.1 Å². The molecule has 0 aliphatic rings. The number of aromatic hydroxyl groups is 1. The van der Waals surface area contributed by atoms with E-state index in [4.69, 9.17) is 14.7 Å². The predicted molar refractivity (Wildman–Crippen MR) is 90.0 cm³/mol. The number of phenolic OH excluding ortho intramolecular Hbond substituents is 1. The average molecular weight is 353 g/mol. The summed E-state index contributed by atoms with van der Waals surface area (Å²) in [6, 6.07) is 2.82. The van der Waals surface area contributed by atoms with E-state index in [1.54, 1.807) is 5.48 Å². The number of nitrogens with one attached hydrogen (secondary N) is 2. The molecule has 138 valence electrons. The van der Waals surface area contributed by atoms with Gasteiger partial charge in [0.05, 0.1) is 26.0 Å². The zero-order chi connectivity index (χ0) is 18.7. The van der Waals surface area contributed by atoms with Crippen molar-refractivity contribution in [3.05, 3.63) is 17.7 Å². The molecular weight excluding hydrogens is 330 g/mol. The highest BCUT2D eigenvalue weighted by Gasteiger charge is 2.10. The minimum absolute atomic E-state index is 0.00948. The summed E-state index contributed by atoms with van der Waals surface area (Å²) in [5.41, 5.74) is 4.44. The zero-order valence-corrected chi connectivity index (χ0v) is 14.2. The van der Waals surface area contributed by atoms with E-state index in [0.717, 1.165) is 0 Å². The molecule has 0 aliphatic carbocycles. The molecule has 0 spiro atoms. The van der Waals surface area contributed by atoms with Crippen LogP contribution in [0.3, 0.4) is 0 Å². The lowest BCUT2D eigenvalue weighted by atomic mass is 10.1. The van der Waals surface area contributed by atoms with Crippen LogP contribution in [0.2, 0.25) is 0 Å². The number of hydrogen-bond acceptors (Lipinski definition) is 7. The van der Waals surface area contributed by atoms with Gasteiger partial charge >= 0.3 is 0 Å². The Hall–Kier alpha value is -2.81. The van der Waals surface area contributed by atoms with Gasteiger partial charge in [-0.25, -0.2) is 10.9 Å². The highest BCUT2D eigenvalue weighted by Crippen LogP contribution is 2.31. The van der Waals surface area contributed by atoms with Crippen LogP contribution >= 0.6 is 0 Å². The van der Waals surface area contributed by atoms with Crippen LogP contribution in [0.15, 0.2) is 17.2 Å². The highest BCUT2D eigenvalue weighted by atomic mass is 16.5. The average Bonchev–Trinajstić information content (AvgIpc) is 2.61. The van der Waals surface area contributed by atoms with Crippen LogP contribution in [0.5, 0.6) is 17.2 Å². The number of hydroxylamine groups is 1. The number of hydrazone groups is 1. The quantitative estimate of drug-likeness (QED) is 0.217. The highest BCUT2D eigenvalue weighted by molar-refractivity contribution is 5.89. The maximum Gasteiger partial charge on any atom is 0.243 e. The summed E-state index contributed by atoms with van der Waals surface area (Å²) >= 11 is 0. The normalized spacial score (nSPS) is 10.5. The van der Waals surface area contributed by atoms with E-state index in [9.17, 15) is 14.7 Å². The number of nitrogens with zero attached hydrogens (tertiary/aromatic N) is 1. The Morgan fingerprint density at radius 3 is 2.16 bits per heavy atom. The molecule has 1 aromatic rings. The third-order valence-electron chi connectivity index (χ3n) is 3.34. The second-order valence-corrected chi connectivity index (χ2v) is 5.15. The summed E-state index contributed by atoms with van der Waals surface area (Å²) in [6.07, 6.45) is 3.74. The van der Waals surface area contributed by atoms with E-state index in [1.807, 2.05) is 0 Å². The number of carbonyl (C=O) groups is 2. The summed E-state index contributed by atoms with van der Waals surface area (Å²) in [5, 5.41) is 21.8. The number of methoxy groups -OCH3 is 2. The molecule has 1 rings (SSSR count).